The quantitative estimate of drug-likeness (QED) is 0.583. The Morgan fingerprint density at radius 1 is 1.17 bits per heavy atom. The zero-order valence-corrected chi connectivity index (χ0v) is 16.7. The Balaban J connectivity index is 1.75. The molecule has 3 rings (SSSR count). The fourth-order valence-electron chi connectivity index (χ4n) is 2.68. The molecule has 0 fully saturated rings. The minimum atomic E-state index is -0.745. The van der Waals surface area contributed by atoms with Crippen molar-refractivity contribution < 1.29 is 18.3 Å². The first-order valence-electron chi connectivity index (χ1n) is 8.51. The van der Waals surface area contributed by atoms with Crippen LogP contribution in [0.4, 0.5) is 8.78 Å². The van der Waals surface area contributed by atoms with Gasteiger partial charge >= 0.3 is 0 Å². The summed E-state index contributed by atoms with van der Waals surface area (Å²) in [5, 5.41) is 0. The van der Waals surface area contributed by atoms with Gasteiger partial charge in [0.1, 0.15) is 29.0 Å². The molecule has 0 unspecified atom stereocenters. The average molecular weight is 464 g/mol. The summed E-state index contributed by atoms with van der Waals surface area (Å²) in [5.41, 5.74) is 6.49. The van der Waals surface area contributed by atoms with Crippen molar-refractivity contribution in [3.05, 3.63) is 91.9 Å². The van der Waals surface area contributed by atoms with Crippen LogP contribution in [0.1, 0.15) is 16.7 Å². The van der Waals surface area contributed by atoms with E-state index in [1.54, 1.807) is 18.2 Å². The van der Waals surface area contributed by atoms with Crippen LogP contribution >= 0.6 is 15.9 Å². The molecule has 0 saturated carbocycles. The molecule has 9 heteroatoms. The van der Waals surface area contributed by atoms with E-state index in [-0.39, 0.29) is 35.5 Å². The number of nitrogens with two attached hydrogens (primary N) is 1. The maximum Gasteiger partial charge on any atom is 0.271 e. The fraction of sp³-hybridized carbons (Fsp3) is 0.150. The Labute approximate surface area is 173 Å². The summed E-state index contributed by atoms with van der Waals surface area (Å²) in [6.45, 7) is 0.0141. The molecule has 0 saturated heterocycles. The van der Waals surface area contributed by atoms with E-state index in [9.17, 15) is 18.4 Å². The molecule has 2 N–H and O–H groups in total. The van der Waals surface area contributed by atoms with Crippen LogP contribution in [0.5, 0.6) is 5.88 Å². The SMILES string of the molecule is NC(=O)Cc1cccc(Cn2cnc(OCc3ccc(F)cc3F)c(Br)c2=O)c1. The predicted molar refractivity (Wildman–Crippen MR) is 105 cm³/mol. The molecule has 0 aliphatic rings. The molecule has 29 heavy (non-hydrogen) atoms. The highest BCUT2D eigenvalue weighted by Gasteiger charge is 2.13. The zero-order valence-electron chi connectivity index (χ0n) is 15.1. The molecular formula is C20H16BrF2N3O3. The Morgan fingerprint density at radius 3 is 2.66 bits per heavy atom. The molecule has 0 bridgehead atoms. The van der Waals surface area contributed by atoms with Gasteiger partial charge in [-0.25, -0.2) is 13.8 Å². The van der Waals surface area contributed by atoms with E-state index in [1.807, 2.05) is 6.07 Å². The summed E-state index contributed by atoms with van der Waals surface area (Å²) < 4.78 is 33.5. The van der Waals surface area contributed by atoms with E-state index in [1.165, 1.54) is 17.0 Å². The third kappa shape index (κ3) is 5.26. The van der Waals surface area contributed by atoms with Crippen molar-refractivity contribution in [3.8, 4) is 5.88 Å². The molecule has 2 aromatic carbocycles. The summed E-state index contributed by atoms with van der Waals surface area (Å²) in [5.74, 6) is -1.88. The van der Waals surface area contributed by atoms with E-state index >= 15 is 0 Å². The number of amides is 1. The van der Waals surface area contributed by atoms with E-state index in [4.69, 9.17) is 10.5 Å². The number of hydrogen-bond acceptors (Lipinski definition) is 4. The highest BCUT2D eigenvalue weighted by Crippen LogP contribution is 2.20. The summed E-state index contributed by atoms with van der Waals surface area (Å²) in [4.78, 5) is 27.7. The Kier molecular flexibility index (Phi) is 6.38. The maximum absolute atomic E-state index is 13.7. The number of primary amides is 1. The molecular weight excluding hydrogens is 448 g/mol. The van der Waals surface area contributed by atoms with Crippen molar-refractivity contribution in [1.29, 1.82) is 0 Å². The van der Waals surface area contributed by atoms with Gasteiger partial charge in [0.15, 0.2) is 0 Å². The van der Waals surface area contributed by atoms with E-state index in [0.29, 0.717) is 0 Å². The lowest BCUT2D eigenvalue weighted by Crippen LogP contribution is -2.22. The highest BCUT2D eigenvalue weighted by molar-refractivity contribution is 9.10. The summed E-state index contributed by atoms with van der Waals surface area (Å²) in [6, 6.07) is 10.3. The summed E-state index contributed by atoms with van der Waals surface area (Å²) in [7, 11) is 0. The van der Waals surface area contributed by atoms with Crippen LogP contribution in [0.2, 0.25) is 0 Å². The van der Waals surface area contributed by atoms with Gasteiger partial charge in [0, 0.05) is 11.6 Å². The molecule has 0 aliphatic heterocycles. The second-order valence-electron chi connectivity index (χ2n) is 6.28. The lowest BCUT2D eigenvalue weighted by atomic mass is 10.1. The second-order valence-corrected chi connectivity index (χ2v) is 7.08. The molecule has 1 heterocycles. The van der Waals surface area contributed by atoms with Gasteiger partial charge in [-0.05, 0) is 39.2 Å². The largest absolute Gasteiger partial charge is 0.472 e. The van der Waals surface area contributed by atoms with Crippen LogP contribution in [0.3, 0.4) is 0 Å². The van der Waals surface area contributed by atoms with Crippen molar-refractivity contribution >= 4 is 21.8 Å². The van der Waals surface area contributed by atoms with Gasteiger partial charge in [0.2, 0.25) is 11.8 Å². The van der Waals surface area contributed by atoms with Crippen molar-refractivity contribution in [3.63, 3.8) is 0 Å². The van der Waals surface area contributed by atoms with Gasteiger partial charge in [0.25, 0.3) is 5.56 Å². The number of carbonyl (C=O) groups is 1. The van der Waals surface area contributed by atoms with Gasteiger partial charge in [0.05, 0.1) is 13.0 Å². The fourth-order valence-corrected chi connectivity index (χ4v) is 3.13. The molecule has 0 radical (unpaired) electrons. The molecule has 1 amide bonds. The molecule has 0 spiro atoms. The van der Waals surface area contributed by atoms with Crippen LogP contribution in [-0.4, -0.2) is 15.5 Å². The van der Waals surface area contributed by atoms with Gasteiger partial charge in [-0.1, -0.05) is 24.3 Å². The third-order valence-corrected chi connectivity index (χ3v) is 4.73. The maximum atomic E-state index is 13.7. The first-order chi connectivity index (χ1) is 13.8. The molecule has 0 atom stereocenters. The van der Waals surface area contributed by atoms with E-state index < -0.39 is 23.1 Å². The standard InChI is InChI=1S/C20H16BrF2N3O3/c21-18-19(29-10-14-4-5-15(22)8-16(14)23)25-11-26(20(18)28)9-13-3-1-2-12(6-13)7-17(24)27/h1-6,8,11H,7,9-10H2,(H2,24,27). The van der Waals surface area contributed by atoms with Crippen molar-refractivity contribution in [2.24, 2.45) is 5.73 Å². The molecule has 0 aliphatic carbocycles. The minimum Gasteiger partial charge on any atom is -0.472 e. The zero-order chi connectivity index (χ0) is 21.0. The van der Waals surface area contributed by atoms with Crippen LogP contribution in [0.25, 0.3) is 0 Å². The minimum absolute atomic E-state index is 0.00236. The predicted octanol–water partition coefficient (Wildman–Crippen LogP) is 2.94. The topological polar surface area (TPSA) is 87.2 Å². The Bertz CT molecular complexity index is 1120. The number of nitrogens with zero attached hydrogens (tertiary/aromatic N) is 2. The van der Waals surface area contributed by atoms with Gasteiger partial charge < -0.3 is 10.5 Å². The number of halogens is 3. The number of rotatable bonds is 7. The lowest BCUT2D eigenvalue weighted by Gasteiger charge is -2.11. The highest BCUT2D eigenvalue weighted by atomic mass is 79.9. The molecule has 1 aromatic heterocycles. The first-order valence-corrected chi connectivity index (χ1v) is 9.30. The number of hydrogen-bond donors (Lipinski definition) is 1. The van der Waals surface area contributed by atoms with Crippen molar-refractivity contribution in [2.75, 3.05) is 0 Å². The van der Waals surface area contributed by atoms with Crippen LogP contribution < -0.4 is 16.0 Å². The number of carbonyl (C=O) groups excluding carboxylic acids is 1. The van der Waals surface area contributed by atoms with Crippen molar-refractivity contribution in [1.82, 2.24) is 9.55 Å². The van der Waals surface area contributed by atoms with E-state index in [0.717, 1.165) is 23.3 Å². The molecule has 150 valence electrons. The monoisotopic (exact) mass is 463 g/mol. The number of ether oxygens (including phenoxy) is 1. The summed E-state index contributed by atoms with van der Waals surface area (Å²) >= 11 is 3.16. The lowest BCUT2D eigenvalue weighted by molar-refractivity contribution is -0.117. The number of benzene rings is 2. The molecule has 3 aromatic rings. The normalized spacial score (nSPS) is 10.7. The molecule has 6 nitrogen and oxygen atoms in total. The van der Waals surface area contributed by atoms with E-state index in [2.05, 4.69) is 20.9 Å². The Hall–Kier alpha value is -3.07. The van der Waals surface area contributed by atoms with Crippen molar-refractivity contribution in [2.45, 2.75) is 19.6 Å². The average Bonchev–Trinajstić information content (AvgIpc) is 2.66. The summed E-state index contributed by atoms with van der Waals surface area (Å²) in [6.07, 6.45) is 1.42. The third-order valence-electron chi connectivity index (χ3n) is 4.05. The van der Waals surface area contributed by atoms with Gasteiger partial charge in [-0.3, -0.25) is 14.2 Å². The smallest absolute Gasteiger partial charge is 0.271 e. The number of aromatic nitrogens is 2. The first kappa shape index (κ1) is 20.7. The van der Waals surface area contributed by atoms with Crippen LogP contribution in [-0.2, 0) is 24.4 Å². The van der Waals surface area contributed by atoms with Crippen LogP contribution in [0.15, 0.2) is 58.1 Å². The Morgan fingerprint density at radius 2 is 1.93 bits per heavy atom. The van der Waals surface area contributed by atoms with Crippen LogP contribution in [0, 0.1) is 11.6 Å². The van der Waals surface area contributed by atoms with Gasteiger partial charge in [-0.2, -0.15) is 0 Å². The second kappa shape index (κ2) is 8.95. The van der Waals surface area contributed by atoms with Gasteiger partial charge in [-0.15, -0.1) is 0 Å².